The first-order chi connectivity index (χ1) is 9.72. The number of hydrogen-bond acceptors (Lipinski definition) is 2. The average molecular weight is 306 g/mol. The van der Waals surface area contributed by atoms with E-state index in [0.717, 1.165) is 11.1 Å². The maximum atomic E-state index is 6.07. The zero-order chi connectivity index (χ0) is 14.4. The molecule has 2 rings (SSSR count). The predicted octanol–water partition coefficient (Wildman–Crippen LogP) is 3.88. The predicted molar refractivity (Wildman–Crippen MR) is 83.2 cm³/mol. The molecule has 2 aromatic carbocycles. The summed E-state index contributed by atoms with van der Waals surface area (Å²) in [6.45, 7) is 0.671. The summed E-state index contributed by atoms with van der Waals surface area (Å²) >= 11 is 12.1. The molecule has 0 heterocycles. The Balaban J connectivity index is 2.19. The third kappa shape index (κ3) is 3.68. The van der Waals surface area contributed by atoms with Crippen molar-refractivity contribution in [3.8, 4) is 17.6 Å². The molecule has 0 radical (unpaired) electrons. The van der Waals surface area contributed by atoms with Gasteiger partial charge in [-0.25, -0.2) is 0 Å². The van der Waals surface area contributed by atoms with Gasteiger partial charge < -0.3 is 10.5 Å². The van der Waals surface area contributed by atoms with Crippen LogP contribution in [0.15, 0.2) is 42.5 Å². The molecule has 4 heteroatoms. The van der Waals surface area contributed by atoms with Gasteiger partial charge in [0, 0.05) is 11.1 Å². The van der Waals surface area contributed by atoms with E-state index < -0.39 is 0 Å². The molecule has 0 aromatic heterocycles. The minimum atomic E-state index is 0.325. The minimum absolute atomic E-state index is 0.325. The lowest BCUT2D eigenvalue weighted by atomic mass is 10.1. The molecule has 2 nitrogen and oxygen atoms in total. The van der Waals surface area contributed by atoms with Crippen LogP contribution in [0.4, 0.5) is 0 Å². The Hall–Kier alpha value is -1.66. The molecule has 0 amide bonds. The number of halogens is 2. The topological polar surface area (TPSA) is 35.2 Å². The Morgan fingerprint density at radius 1 is 1.00 bits per heavy atom. The van der Waals surface area contributed by atoms with Crippen LogP contribution in [0.25, 0.3) is 0 Å². The number of nitrogens with two attached hydrogens (primary N) is 1. The van der Waals surface area contributed by atoms with Gasteiger partial charge in [-0.15, -0.1) is 0 Å². The van der Waals surface area contributed by atoms with Crippen LogP contribution in [0.1, 0.15) is 11.1 Å². The van der Waals surface area contributed by atoms with E-state index in [1.165, 1.54) is 0 Å². The van der Waals surface area contributed by atoms with Crippen molar-refractivity contribution in [1.29, 1.82) is 0 Å². The van der Waals surface area contributed by atoms with Gasteiger partial charge >= 0.3 is 0 Å². The maximum Gasteiger partial charge on any atom is 0.156 e. The standard InChI is InChI=1S/C16H13Cl2NO/c17-14-8-3-9-15(18)16(14)20-11-13-6-2-1-5-12(13)7-4-10-19/h1-3,5-6,8-9H,10-11,19H2. The van der Waals surface area contributed by atoms with Crippen LogP contribution in [0.5, 0.6) is 5.75 Å². The zero-order valence-electron chi connectivity index (χ0n) is 10.7. The Morgan fingerprint density at radius 3 is 2.40 bits per heavy atom. The fraction of sp³-hybridized carbons (Fsp3) is 0.125. The number of para-hydroxylation sites is 1. The molecule has 102 valence electrons. The molecule has 0 bridgehead atoms. The highest BCUT2D eigenvalue weighted by Crippen LogP contribution is 2.33. The number of rotatable bonds is 3. The van der Waals surface area contributed by atoms with E-state index in [-0.39, 0.29) is 0 Å². The van der Waals surface area contributed by atoms with Gasteiger partial charge in [-0.2, -0.15) is 0 Å². The molecule has 0 aliphatic rings. The van der Waals surface area contributed by atoms with Crippen molar-refractivity contribution in [3.63, 3.8) is 0 Å². The molecule has 0 aliphatic carbocycles. The molecule has 0 aliphatic heterocycles. The van der Waals surface area contributed by atoms with Gasteiger partial charge in [-0.1, -0.05) is 59.3 Å². The van der Waals surface area contributed by atoms with Crippen LogP contribution in [0.2, 0.25) is 10.0 Å². The van der Waals surface area contributed by atoms with Crippen LogP contribution in [0.3, 0.4) is 0 Å². The van der Waals surface area contributed by atoms with E-state index in [1.54, 1.807) is 18.2 Å². The fourth-order valence-corrected chi connectivity index (χ4v) is 2.19. The van der Waals surface area contributed by atoms with Crippen molar-refractivity contribution >= 4 is 23.2 Å². The number of hydrogen-bond donors (Lipinski definition) is 1. The van der Waals surface area contributed by atoms with Crippen molar-refractivity contribution in [2.24, 2.45) is 5.73 Å². The van der Waals surface area contributed by atoms with Gasteiger partial charge in [0.15, 0.2) is 5.75 Å². The lowest BCUT2D eigenvalue weighted by molar-refractivity contribution is 0.306. The van der Waals surface area contributed by atoms with E-state index >= 15 is 0 Å². The third-order valence-corrected chi connectivity index (χ3v) is 3.23. The van der Waals surface area contributed by atoms with Crippen LogP contribution < -0.4 is 10.5 Å². The van der Waals surface area contributed by atoms with Crippen molar-refractivity contribution in [2.75, 3.05) is 6.54 Å². The van der Waals surface area contributed by atoms with Crippen molar-refractivity contribution in [2.45, 2.75) is 6.61 Å². The first kappa shape index (κ1) is 14.7. The van der Waals surface area contributed by atoms with Crippen LogP contribution in [-0.4, -0.2) is 6.54 Å². The van der Waals surface area contributed by atoms with Crippen LogP contribution >= 0.6 is 23.2 Å². The van der Waals surface area contributed by atoms with Gasteiger partial charge in [-0.05, 0) is 18.2 Å². The Bertz CT molecular complexity index is 639. The highest BCUT2D eigenvalue weighted by molar-refractivity contribution is 6.37. The first-order valence-electron chi connectivity index (χ1n) is 6.06. The van der Waals surface area contributed by atoms with E-state index in [2.05, 4.69) is 11.8 Å². The highest BCUT2D eigenvalue weighted by atomic mass is 35.5. The lowest BCUT2D eigenvalue weighted by Crippen LogP contribution is -2.00. The number of benzene rings is 2. The van der Waals surface area contributed by atoms with E-state index in [1.807, 2.05) is 24.3 Å². The van der Waals surface area contributed by atoms with Crippen molar-refractivity contribution < 1.29 is 4.74 Å². The Kier molecular flexibility index (Phi) is 5.31. The largest absolute Gasteiger partial charge is 0.486 e. The normalized spacial score (nSPS) is 9.75. The smallest absolute Gasteiger partial charge is 0.156 e. The Morgan fingerprint density at radius 2 is 1.70 bits per heavy atom. The van der Waals surface area contributed by atoms with E-state index in [9.17, 15) is 0 Å². The van der Waals surface area contributed by atoms with Crippen LogP contribution in [0, 0.1) is 11.8 Å². The summed E-state index contributed by atoms with van der Waals surface area (Å²) in [6.07, 6.45) is 0. The van der Waals surface area contributed by atoms with E-state index in [4.69, 9.17) is 33.7 Å². The molecular weight excluding hydrogens is 293 g/mol. The van der Waals surface area contributed by atoms with Gasteiger partial charge in [-0.3, -0.25) is 0 Å². The molecule has 0 saturated carbocycles. The van der Waals surface area contributed by atoms with Crippen LogP contribution in [-0.2, 0) is 6.61 Å². The monoisotopic (exact) mass is 305 g/mol. The maximum absolute atomic E-state index is 6.07. The SMILES string of the molecule is NCC#Cc1ccccc1COc1c(Cl)cccc1Cl. The summed E-state index contributed by atoms with van der Waals surface area (Å²) in [5.74, 6) is 6.34. The molecule has 2 N–H and O–H groups in total. The summed E-state index contributed by atoms with van der Waals surface area (Å²) in [5.41, 5.74) is 7.24. The van der Waals surface area contributed by atoms with Gasteiger partial charge in [0.1, 0.15) is 6.61 Å². The quantitative estimate of drug-likeness (QED) is 0.873. The average Bonchev–Trinajstić information content (AvgIpc) is 2.45. The second kappa shape index (κ2) is 7.21. The third-order valence-electron chi connectivity index (χ3n) is 2.63. The molecular formula is C16H13Cl2NO. The summed E-state index contributed by atoms with van der Waals surface area (Å²) in [5, 5.41) is 0.978. The summed E-state index contributed by atoms with van der Waals surface area (Å²) in [4.78, 5) is 0. The molecule has 0 spiro atoms. The summed E-state index contributed by atoms with van der Waals surface area (Å²) < 4.78 is 5.71. The van der Waals surface area contributed by atoms with Crippen molar-refractivity contribution in [1.82, 2.24) is 0 Å². The molecule has 20 heavy (non-hydrogen) atoms. The fourth-order valence-electron chi connectivity index (χ4n) is 1.68. The second-order valence-corrected chi connectivity index (χ2v) is 4.82. The molecule has 0 saturated heterocycles. The zero-order valence-corrected chi connectivity index (χ0v) is 12.2. The second-order valence-electron chi connectivity index (χ2n) is 4.00. The van der Waals surface area contributed by atoms with Gasteiger partial charge in [0.2, 0.25) is 0 Å². The Labute approximate surface area is 128 Å². The number of ether oxygens (including phenoxy) is 1. The molecule has 0 atom stereocenters. The summed E-state index contributed by atoms with van der Waals surface area (Å²) in [6, 6.07) is 13.0. The lowest BCUT2D eigenvalue weighted by Gasteiger charge is -2.10. The van der Waals surface area contributed by atoms with E-state index in [0.29, 0.717) is 28.9 Å². The highest BCUT2D eigenvalue weighted by Gasteiger charge is 2.08. The van der Waals surface area contributed by atoms with Gasteiger partial charge in [0.05, 0.1) is 16.6 Å². The molecule has 0 fully saturated rings. The van der Waals surface area contributed by atoms with Gasteiger partial charge in [0.25, 0.3) is 0 Å². The summed E-state index contributed by atoms with van der Waals surface area (Å²) in [7, 11) is 0. The minimum Gasteiger partial charge on any atom is -0.486 e. The molecule has 2 aromatic rings. The molecule has 0 unspecified atom stereocenters. The first-order valence-corrected chi connectivity index (χ1v) is 6.81. The van der Waals surface area contributed by atoms with Crippen molar-refractivity contribution in [3.05, 3.63) is 63.6 Å².